The monoisotopic (exact) mass is 392 g/mol. The molecule has 156 valence electrons. The lowest BCUT2D eigenvalue weighted by Gasteiger charge is -2.30. The third-order valence-corrected chi connectivity index (χ3v) is 4.65. The van der Waals surface area contributed by atoms with Gasteiger partial charge in [-0.1, -0.05) is 6.08 Å². The summed E-state index contributed by atoms with van der Waals surface area (Å²) in [5, 5.41) is 0. The van der Waals surface area contributed by atoms with Crippen LogP contribution in [-0.2, 0) is 28.6 Å². The fourth-order valence-electron chi connectivity index (χ4n) is 2.99. The summed E-state index contributed by atoms with van der Waals surface area (Å²) in [5.74, 6) is -2.20. The number of esters is 3. The molecule has 0 aromatic heterocycles. The number of ether oxygens (including phenoxy) is 3. The maximum absolute atomic E-state index is 12.7. The van der Waals surface area contributed by atoms with Crippen LogP contribution >= 0.6 is 0 Å². The first-order valence-electron chi connectivity index (χ1n) is 9.46. The lowest BCUT2D eigenvalue weighted by atomic mass is 9.73. The smallest absolute Gasteiger partial charge is 0.328 e. The van der Waals surface area contributed by atoms with E-state index >= 15 is 0 Å². The van der Waals surface area contributed by atoms with Crippen molar-refractivity contribution in [3.8, 4) is 0 Å². The average Bonchev–Trinajstić information content (AvgIpc) is 2.86. The quantitative estimate of drug-likeness (QED) is 0.233. The molecule has 0 radical (unpaired) electrons. The molecule has 0 aromatic rings. The fourth-order valence-corrected chi connectivity index (χ4v) is 2.99. The van der Waals surface area contributed by atoms with Gasteiger partial charge in [0, 0.05) is 5.92 Å². The predicted molar refractivity (Wildman–Crippen MR) is 105 cm³/mol. The number of carbonyl (C=O) groups is 3. The Morgan fingerprint density at radius 3 is 2.00 bits per heavy atom. The number of methoxy groups -OCH3 is 2. The van der Waals surface area contributed by atoms with E-state index < -0.39 is 34.8 Å². The third-order valence-electron chi connectivity index (χ3n) is 4.65. The van der Waals surface area contributed by atoms with Crippen molar-refractivity contribution in [2.75, 3.05) is 14.2 Å². The van der Waals surface area contributed by atoms with Crippen molar-refractivity contribution in [3.63, 3.8) is 0 Å². The zero-order chi connectivity index (χ0) is 21.5. The molecular formula is C22H32O6. The first-order chi connectivity index (χ1) is 13.0. The second-order valence-corrected chi connectivity index (χ2v) is 8.26. The summed E-state index contributed by atoms with van der Waals surface area (Å²) in [6.07, 6.45) is 6.35. The Labute approximate surface area is 167 Å². The Morgan fingerprint density at radius 2 is 1.54 bits per heavy atom. The maximum Gasteiger partial charge on any atom is 0.328 e. The Bertz CT molecular complexity index is 668. The molecule has 0 amide bonds. The molecule has 28 heavy (non-hydrogen) atoms. The van der Waals surface area contributed by atoms with Crippen LogP contribution in [0.15, 0.2) is 29.5 Å². The van der Waals surface area contributed by atoms with Gasteiger partial charge in [-0.2, -0.15) is 0 Å². The van der Waals surface area contributed by atoms with Gasteiger partial charge in [-0.3, -0.25) is 14.4 Å². The van der Waals surface area contributed by atoms with Crippen molar-refractivity contribution in [1.29, 1.82) is 0 Å². The van der Waals surface area contributed by atoms with E-state index in [1.54, 1.807) is 32.9 Å². The van der Waals surface area contributed by atoms with E-state index in [0.717, 1.165) is 5.57 Å². The van der Waals surface area contributed by atoms with E-state index in [0.29, 0.717) is 19.3 Å². The minimum Gasteiger partial charge on any atom is -0.468 e. The lowest BCUT2D eigenvalue weighted by Crippen LogP contribution is -2.45. The highest BCUT2D eigenvalue weighted by Crippen LogP contribution is 2.39. The summed E-state index contributed by atoms with van der Waals surface area (Å²) in [4.78, 5) is 37.6. The summed E-state index contributed by atoms with van der Waals surface area (Å²) in [6.45, 7) is 9.02. The van der Waals surface area contributed by atoms with E-state index in [9.17, 15) is 14.4 Å². The van der Waals surface area contributed by atoms with Crippen LogP contribution in [0.4, 0.5) is 0 Å². The van der Waals surface area contributed by atoms with Crippen LogP contribution < -0.4 is 0 Å². The molecule has 0 aromatic carbocycles. The third kappa shape index (κ3) is 5.59. The first kappa shape index (κ1) is 23.7. The number of hydrogen-bond acceptors (Lipinski definition) is 6. The largest absolute Gasteiger partial charge is 0.468 e. The van der Waals surface area contributed by atoms with E-state index in [2.05, 4.69) is 5.73 Å². The molecule has 0 aliphatic heterocycles. The average molecular weight is 392 g/mol. The minimum atomic E-state index is -1.64. The summed E-state index contributed by atoms with van der Waals surface area (Å²) >= 11 is 0. The van der Waals surface area contributed by atoms with E-state index in [1.165, 1.54) is 20.3 Å². The molecule has 0 heterocycles. The number of rotatable bonds is 5. The van der Waals surface area contributed by atoms with Gasteiger partial charge in [-0.25, -0.2) is 0 Å². The normalized spacial score (nSPS) is 19.7. The number of carbonyl (C=O) groups excluding carboxylic acids is 3. The topological polar surface area (TPSA) is 78.9 Å². The highest BCUT2D eigenvalue weighted by molar-refractivity contribution is 6.03. The standard InChI is InChI=1S/C22H32O6/c1-15(2)13-14-22(19(24)26-6,20(25)27-7)16-9-8-10-17(12-11-16)28-18(23)21(3,4)5/h11-12,14,16-17H,8-10H2,1-7H3/t16-,17-/m1/s1. The van der Waals surface area contributed by atoms with Gasteiger partial charge in [0.2, 0.25) is 0 Å². The van der Waals surface area contributed by atoms with Gasteiger partial charge in [0.05, 0.1) is 19.6 Å². The highest BCUT2D eigenvalue weighted by Gasteiger charge is 2.52. The van der Waals surface area contributed by atoms with Crippen LogP contribution in [-0.4, -0.2) is 38.2 Å². The van der Waals surface area contributed by atoms with Crippen LogP contribution in [0.25, 0.3) is 0 Å². The van der Waals surface area contributed by atoms with Crippen LogP contribution in [0.1, 0.15) is 53.9 Å². The van der Waals surface area contributed by atoms with Gasteiger partial charge in [0.25, 0.3) is 0 Å². The van der Waals surface area contributed by atoms with Crippen molar-refractivity contribution in [2.24, 2.45) is 16.7 Å². The number of allylic oxidation sites excluding steroid dienone is 1. The molecular weight excluding hydrogens is 360 g/mol. The van der Waals surface area contributed by atoms with Crippen molar-refractivity contribution in [1.82, 2.24) is 0 Å². The second kappa shape index (κ2) is 9.74. The van der Waals surface area contributed by atoms with Gasteiger partial charge in [-0.05, 0) is 71.6 Å². The zero-order valence-corrected chi connectivity index (χ0v) is 18.0. The molecule has 0 unspecified atom stereocenters. The zero-order valence-electron chi connectivity index (χ0n) is 18.0. The molecule has 0 spiro atoms. The Kier molecular flexibility index (Phi) is 8.25. The van der Waals surface area contributed by atoms with Crippen LogP contribution in [0.3, 0.4) is 0 Å². The predicted octanol–water partition coefficient (Wildman–Crippen LogP) is 3.75. The summed E-state index contributed by atoms with van der Waals surface area (Å²) in [6, 6.07) is 0. The Hall–Kier alpha value is -2.33. The summed E-state index contributed by atoms with van der Waals surface area (Å²) in [5.41, 5.74) is 1.54. The Balaban J connectivity index is 3.33. The molecule has 2 atom stereocenters. The molecule has 0 saturated carbocycles. The van der Waals surface area contributed by atoms with Crippen molar-refractivity contribution in [2.45, 2.75) is 60.0 Å². The van der Waals surface area contributed by atoms with Crippen LogP contribution in [0.2, 0.25) is 0 Å². The SMILES string of the molecule is COC(=O)C(C=C=C(C)C)(C(=O)OC)[C@H]1C=C[C@H](OC(=O)C(C)(C)C)CCC1. The molecule has 1 aliphatic carbocycles. The van der Waals surface area contributed by atoms with Crippen molar-refractivity contribution >= 4 is 17.9 Å². The molecule has 0 N–H and O–H groups in total. The molecule has 1 aliphatic rings. The lowest BCUT2D eigenvalue weighted by molar-refractivity contribution is -0.168. The molecule has 6 heteroatoms. The fraction of sp³-hybridized carbons (Fsp3) is 0.636. The van der Waals surface area contributed by atoms with Crippen molar-refractivity contribution in [3.05, 3.63) is 29.5 Å². The molecule has 1 rings (SSSR count). The maximum atomic E-state index is 12.7. The van der Waals surface area contributed by atoms with E-state index in [4.69, 9.17) is 14.2 Å². The molecule has 0 fully saturated rings. The van der Waals surface area contributed by atoms with Gasteiger partial charge in [-0.15, -0.1) is 5.73 Å². The second-order valence-electron chi connectivity index (χ2n) is 8.26. The Morgan fingerprint density at radius 1 is 0.964 bits per heavy atom. The summed E-state index contributed by atoms with van der Waals surface area (Å²) in [7, 11) is 2.48. The van der Waals surface area contributed by atoms with Gasteiger partial charge in [0.1, 0.15) is 6.10 Å². The minimum absolute atomic E-state index is 0.294. The first-order valence-corrected chi connectivity index (χ1v) is 9.46. The molecule has 0 bridgehead atoms. The van der Waals surface area contributed by atoms with E-state index in [-0.39, 0.29) is 5.97 Å². The highest BCUT2D eigenvalue weighted by atomic mass is 16.6. The number of hydrogen-bond donors (Lipinski definition) is 0. The van der Waals surface area contributed by atoms with Gasteiger partial charge in [0.15, 0.2) is 5.41 Å². The molecule has 6 nitrogen and oxygen atoms in total. The molecule has 0 saturated heterocycles. The van der Waals surface area contributed by atoms with E-state index in [1.807, 2.05) is 13.8 Å². The summed E-state index contributed by atoms with van der Waals surface area (Å²) < 4.78 is 15.5. The van der Waals surface area contributed by atoms with Crippen LogP contribution in [0.5, 0.6) is 0 Å². The van der Waals surface area contributed by atoms with Gasteiger partial charge < -0.3 is 14.2 Å². The van der Waals surface area contributed by atoms with Crippen molar-refractivity contribution < 1.29 is 28.6 Å². The van der Waals surface area contributed by atoms with Gasteiger partial charge >= 0.3 is 17.9 Å². The van der Waals surface area contributed by atoms with Crippen LogP contribution in [0, 0.1) is 16.7 Å².